The number of hydrogen-bond donors (Lipinski definition) is 1. The predicted octanol–water partition coefficient (Wildman–Crippen LogP) is 2.08. The van der Waals surface area contributed by atoms with Crippen molar-refractivity contribution in [1.29, 1.82) is 0 Å². The summed E-state index contributed by atoms with van der Waals surface area (Å²) in [5.41, 5.74) is -2.54. The fraction of sp³-hybridized carbons (Fsp3) is 0.250. The molecule has 0 bridgehead atoms. The maximum absolute atomic E-state index is 14.9. The first kappa shape index (κ1) is 20.7. The van der Waals surface area contributed by atoms with Crippen molar-refractivity contribution in [3.05, 3.63) is 67.7 Å². The summed E-state index contributed by atoms with van der Waals surface area (Å²) < 4.78 is 64.5. The molecule has 1 saturated heterocycles. The van der Waals surface area contributed by atoms with Gasteiger partial charge >= 0.3 is 11.9 Å². The number of hydrogen-bond acceptors (Lipinski definition) is 6. The Morgan fingerprint density at radius 3 is 2.62 bits per heavy atom. The van der Waals surface area contributed by atoms with Gasteiger partial charge in [-0.15, -0.1) is 0 Å². The molecule has 1 aromatic carbocycles. The number of benzene rings is 1. The summed E-state index contributed by atoms with van der Waals surface area (Å²) in [6.07, 6.45) is -4.01. The smallest absolute Gasteiger partial charge is 0.431 e. The van der Waals surface area contributed by atoms with Crippen LogP contribution in [0.5, 0.6) is 5.75 Å². The number of alkyl halides is 3. The SMILES string of the molecule is Cn1c(C(F)(F)F)cc(=O)n(-c2ccc(Cl)c(OC=C3NOCCO3)c2F)c1=O. The van der Waals surface area contributed by atoms with Gasteiger partial charge in [0.15, 0.2) is 17.8 Å². The Bertz CT molecular complexity index is 1090. The van der Waals surface area contributed by atoms with Gasteiger partial charge in [-0.25, -0.2) is 19.2 Å². The van der Waals surface area contributed by atoms with E-state index in [9.17, 15) is 27.2 Å². The van der Waals surface area contributed by atoms with E-state index in [0.717, 1.165) is 25.4 Å². The van der Waals surface area contributed by atoms with Gasteiger partial charge in [0.1, 0.15) is 18.9 Å². The Labute approximate surface area is 164 Å². The van der Waals surface area contributed by atoms with Gasteiger partial charge in [0, 0.05) is 13.1 Å². The second-order valence-electron chi connectivity index (χ2n) is 5.65. The first-order chi connectivity index (χ1) is 13.6. The average molecular weight is 438 g/mol. The number of nitrogens with one attached hydrogen (secondary N) is 1. The monoisotopic (exact) mass is 437 g/mol. The maximum atomic E-state index is 14.9. The average Bonchev–Trinajstić information content (AvgIpc) is 2.66. The lowest BCUT2D eigenvalue weighted by atomic mass is 10.2. The summed E-state index contributed by atoms with van der Waals surface area (Å²) in [5, 5.41) is -0.225. The first-order valence-electron chi connectivity index (χ1n) is 7.87. The third-order valence-electron chi connectivity index (χ3n) is 3.78. The molecule has 0 amide bonds. The third kappa shape index (κ3) is 4.07. The van der Waals surface area contributed by atoms with Crippen molar-refractivity contribution in [3.63, 3.8) is 0 Å². The number of halogens is 5. The van der Waals surface area contributed by atoms with E-state index in [4.69, 9.17) is 25.9 Å². The van der Waals surface area contributed by atoms with Crippen molar-refractivity contribution in [2.75, 3.05) is 13.2 Å². The van der Waals surface area contributed by atoms with Crippen LogP contribution in [0.3, 0.4) is 0 Å². The Morgan fingerprint density at radius 1 is 1.28 bits per heavy atom. The van der Waals surface area contributed by atoms with E-state index in [-0.39, 0.29) is 39.3 Å². The number of aromatic nitrogens is 2. The highest BCUT2D eigenvalue weighted by atomic mass is 35.5. The number of ether oxygens (including phenoxy) is 2. The fourth-order valence-corrected chi connectivity index (χ4v) is 2.63. The molecule has 1 aliphatic rings. The zero-order valence-electron chi connectivity index (χ0n) is 14.5. The summed E-state index contributed by atoms with van der Waals surface area (Å²) in [5.74, 6) is -1.83. The zero-order chi connectivity index (χ0) is 21.3. The van der Waals surface area contributed by atoms with Crippen molar-refractivity contribution in [2.45, 2.75) is 6.18 Å². The summed E-state index contributed by atoms with van der Waals surface area (Å²) in [6.45, 7) is 0.470. The number of rotatable bonds is 3. The molecule has 1 fully saturated rings. The van der Waals surface area contributed by atoms with Gasteiger partial charge < -0.3 is 9.47 Å². The largest absolute Gasteiger partial charge is 0.473 e. The van der Waals surface area contributed by atoms with E-state index in [1.807, 2.05) is 0 Å². The summed E-state index contributed by atoms with van der Waals surface area (Å²) in [7, 11) is 0.808. The van der Waals surface area contributed by atoms with Crippen LogP contribution in [0.1, 0.15) is 5.69 Å². The molecule has 8 nitrogen and oxygen atoms in total. The number of hydroxylamine groups is 1. The van der Waals surface area contributed by atoms with Crippen LogP contribution in [0.15, 0.2) is 39.9 Å². The molecule has 0 unspecified atom stereocenters. The second-order valence-corrected chi connectivity index (χ2v) is 6.06. The lowest BCUT2D eigenvalue weighted by molar-refractivity contribution is -0.144. The minimum atomic E-state index is -4.94. The van der Waals surface area contributed by atoms with Crippen molar-refractivity contribution >= 4 is 11.6 Å². The minimum absolute atomic E-state index is 0.000249. The normalized spacial score (nSPS) is 15.7. The lowest BCUT2D eigenvalue weighted by Crippen LogP contribution is -2.41. The van der Waals surface area contributed by atoms with Crippen molar-refractivity contribution < 1.29 is 31.9 Å². The molecule has 3 rings (SSSR count). The predicted molar refractivity (Wildman–Crippen MR) is 91.0 cm³/mol. The van der Waals surface area contributed by atoms with E-state index in [1.165, 1.54) is 0 Å². The van der Waals surface area contributed by atoms with Crippen molar-refractivity contribution in [3.8, 4) is 11.4 Å². The van der Waals surface area contributed by atoms with Crippen LogP contribution in [0.4, 0.5) is 17.6 Å². The molecule has 2 heterocycles. The Morgan fingerprint density at radius 2 is 2.00 bits per heavy atom. The van der Waals surface area contributed by atoms with Crippen LogP contribution in [0.25, 0.3) is 5.69 Å². The van der Waals surface area contributed by atoms with E-state index >= 15 is 0 Å². The third-order valence-corrected chi connectivity index (χ3v) is 4.08. The molecule has 2 aromatic rings. The number of nitrogens with zero attached hydrogens (tertiary/aromatic N) is 2. The minimum Gasteiger partial charge on any atom is -0.473 e. The first-order valence-corrected chi connectivity index (χ1v) is 8.25. The fourth-order valence-electron chi connectivity index (χ4n) is 2.44. The molecule has 0 atom stereocenters. The van der Waals surface area contributed by atoms with Gasteiger partial charge in [0.25, 0.3) is 5.56 Å². The molecule has 29 heavy (non-hydrogen) atoms. The Kier molecular flexibility index (Phi) is 5.57. The highest BCUT2D eigenvalue weighted by Gasteiger charge is 2.35. The molecule has 1 aliphatic heterocycles. The van der Waals surface area contributed by atoms with E-state index in [1.54, 1.807) is 0 Å². The van der Waals surface area contributed by atoms with Crippen LogP contribution in [0.2, 0.25) is 5.02 Å². The molecule has 156 valence electrons. The molecule has 13 heteroatoms. The van der Waals surface area contributed by atoms with Gasteiger partial charge in [0.2, 0.25) is 5.88 Å². The highest BCUT2D eigenvalue weighted by molar-refractivity contribution is 6.32. The Balaban J connectivity index is 2.10. The summed E-state index contributed by atoms with van der Waals surface area (Å²) >= 11 is 5.90. The van der Waals surface area contributed by atoms with Crippen molar-refractivity contribution in [1.82, 2.24) is 14.6 Å². The van der Waals surface area contributed by atoms with E-state index in [0.29, 0.717) is 0 Å². The van der Waals surface area contributed by atoms with Crippen LogP contribution in [0, 0.1) is 5.82 Å². The molecule has 0 radical (unpaired) electrons. The van der Waals surface area contributed by atoms with Crippen LogP contribution >= 0.6 is 11.6 Å². The molecule has 0 saturated carbocycles. The van der Waals surface area contributed by atoms with Crippen molar-refractivity contribution in [2.24, 2.45) is 7.05 Å². The topological polar surface area (TPSA) is 83.7 Å². The molecular formula is C16H12ClF4N3O5. The van der Waals surface area contributed by atoms with E-state index in [2.05, 4.69) is 5.48 Å². The quantitative estimate of drug-likeness (QED) is 0.585. The zero-order valence-corrected chi connectivity index (χ0v) is 15.3. The molecule has 0 spiro atoms. The van der Waals surface area contributed by atoms with Gasteiger partial charge in [-0.05, 0) is 12.1 Å². The summed E-state index contributed by atoms with van der Waals surface area (Å²) in [6, 6.07) is 2.27. The molecule has 0 aliphatic carbocycles. The standard InChI is InChI=1S/C16H12ClF4N3O5/c1-23-10(16(19,20)21)6-12(25)24(15(23)26)9-3-2-8(17)14(13(9)18)28-7-11-22-29-5-4-27-11/h2-3,6-7,22H,4-5H2,1H3. The molecule has 1 aromatic heterocycles. The summed E-state index contributed by atoms with van der Waals surface area (Å²) in [4.78, 5) is 29.4. The van der Waals surface area contributed by atoms with Gasteiger partial charge in [-0.2, -0.15) is 13.2 Å². The highest BCUT2D eigenvalue weighted by Crippen LogP contribution is 2.32. The lowest BCUT2D eigenvalue weighted by Gasteiger charge is -2.18. The molecule has 1 N–H and O–H groups in total. The second kappa shape index (κ2) is 7.79. The van der Waals surface area contributed by atoms with E-state index < -0.39 is 40.4 Å². The maximum Gasteiger partial charge on any atom is 0.431 e. The van der Waals surface area contributed by atoms with Gasteiger partial charge in [-0.3, -0.25) is 14.2 Å². The van der Waals surface area contributed by atoms with Gasteiger partial charge in [0.05, 0.1) is 10.7 Å². The van der Waals surface area contributed by atoms with Crippen LogP contribution in [-0.4, -0.2) is 22.3 Å². The van der Waals surface area contributed by atoms with Crippen LogP contribution in [-0.2, 0) is 22.8 Å². The molecular weight excluding hydrogens is 426 g/mol. The van der Waals surface area contributed by atoms with Gasteiger partial charge in [-0.1, -0.05) is 11.6 Å². The van der Waals surface area contributed by atoms with Crippen LogP contribution < -0.4 is 21.5 Å². The Hall–Kier alpha value is -2.99.